The summed E-state index contributed by atoms with van der Waals surface area (Å²) in [6.07, 6.45) is 17.1. The molecule has 0 radical (unpaired) electrons. The molecule has 0 amide bonds. The molecular weight excluding hydrogens is 303 g/mol. The van der Waals surface area contributed by atoms with Crippen molar-refractivity contribution in [1.82, 2.24) is 0 Å². The molecule has 0 unspecified atom stereocenters. The van der Waals surface area contributed by atoms with E-state index in [-0.39, 0.29) is 0 Å². The average molecular weight is 339 g/mol. The molecule has 0 N–H and O–H groups in total. The number of rotatable bonds is 12. The van der Waals surface area contributed by atoms with Gasteiger partial charge < -0.3 is 0 Å². The first-order chi connectivity index (χ1) is 8.54. The maximum atomic E-state index is 4.40. The summed E-state index contributed by atoms with van der Waals surface area (Å²) in [4.78, 5) is 0. The maximum absolute atomic E-state index is 4.40. The fraction of sp³-hybridized carbons (Fsp3) is 1.00. The average Bonchev–Trinajstić information content (AvgIpc) is 2.30. The van der Waals surface area contributed by atoms with Crippen molar-refractivity contribution in [3.63, 3.8) is 0 Å². The van der Waals surface area contributed by atoms with E-state index in [2.05, 4.69) is 43.2 Å². The fourth-order valence-electron chi connectivity index (χ4n) is 3.30. The van der Waals surface area contributed by atoms with Crippen LogP contribution >= 0.6 is 20.8 Å². The SMILES string of the molecule is CCCCCP(Br)(CCC)(CCC)CCCCC. The summed E-state index contributed by atoms with van der Waals surface area (Å²) in [5.41, 5.74) is 0. The zero-order valence-corrected chi connectivity index (χ0v) is 15.8. The number of hydrogen-bond donors (Lipinski definition) is 0. The molecule has 0 aromatic heterocycles. The van der Waals surface area contributed by atoms with E-state index in [1.54, 1.807) is 0 Å². The van der Waals surface area contributed by atoms with E-state index in [0.29, 0.717) is 0 Å². The van der Waals surface area contributed by atoms with Crippen LogP contribution in [0.15, 0.2) is 0 Å². The fourth-order valence-corrected chi connectivity index (χ4v) is 12.5. The third-order valence-electron chi connectivity index (χ3n) is 4.21. The molecule has 0 saturated heterocycles. The van der Waals surface area contributed by atoms with Crippen LogP contribution in [0.25, 0.3) is 0 Å². The van der Waals surface area contributed by atoms with Gasteiger partial charge in [-0.1, -0.05) is 0 Å². The standard InChI is InChI=1S/C16H36BrP/c1-5-9-11-15-18(17,13-7-3,14-8-4)16-12-10-6-2/h5-16H2,1-4H3. The molecule has 0 atom stereocenters. The van der Waals surface area contributed by atoms with Gasteiger partial charge in [0.05, 0.1) is 0 Å². The molecule has 0 aliphatic rings. The van der Waals surface area contributed by atoms with Gasteiger partial charge in [-0.2, -0.15) is 0 Å². The minimum absolute atomic E-state index is 1.35. The van der Waals surface area contributed by atoms with Crippen molar-refractivity contribution < 1.29 is 0 Å². The molecule has 0 nitrogen and oxygen atoms in total. The molecule has 0 fully saturated rings. The second-order valence-corrected chi connectivity index (χ2v) is 17.6. The quantitative estimate of drug-likeness (QED) is 0.264. The van der Waals surface area contributed by atoms with Crippen molar-refractivity contribution >= 4 is 20.8 Å². The van der Waals surface area contributed by atoms with Crippen LogP contribution in [0.3, 0.4) is 0 Å². The van der Waals surface area contributed by atoms with Crippen LogP contribution in [0, 0.1) is 0 Å². The van der Waals surface area contributed by atoms with Gasteiger partial charge in [0.1, 0.15) is 0 Å². The molecule has 2 heteroatoms. The van der Waals surface area contributed by atoms with Crippen LogP contribution in [-0.2, 0) is 0 Å². The molecule has 0 saturated carbocycles. The van der Waals surface area contributed by atoms with Gasteiger partial charge in [-0.25, -0.2) is 0 Å². The first kappa shape index (κ1) is 18.9. The Labute approximate surface area is 124 Å². The van der Waals surface area contributed by atoms with Gasteiger partial charge in [0.2, 0.25) is 0 Å². The van der Waals surface area contributed by atoms with Crippen LogP contribution in [0.4, 0.5) is 0 Å². The topological polar surface area (TPSA) is 0 Å². The van der Waals surface area contributed by atoms with Crippen LogP contribution in [0.1, 0.15) is 79.1 Å². The van der Waals surface area contributed by atoms with Crippen LogP contribution in [-0.4, -0.2) is 24.6 Å². The van der Waals surface area contributed by atoms with Crippen molar-refractivity contribution in [3.05, 3.63) is 0 Å². The summed E-state index contributed by atoms with van der Waals surface area (Å²) >= 11 is 4.40. The van der Waals surface area contributed by atoms with Crippen molar-refractivity contribution in [2.75, 3.05) is 24.6 Å². The molecule has 0 aliphatic heterocycles. The van der Waals surface area contributed by atoms with Gasteiger partial charge in [0, 0.05) is 0 Å². The Kier molecular flexibility index (Phi) is 10.3. The third kappa shape index (κ3) is 6.90. The Morgan fingerprint density at radius 3 is 1.22 bits per heavy atom. The Morgan fingerprint density at radius 1 is 0.556 bits per heavy atom. The van der Waals surface area contributed by atoms with Crippen molar-refractivity contribution in [2.45, 2.75) is 79.1 Å². The molecule has 0 aromatic carbocycles. The molecule has 0 heterocycles. The summed E-state index contributed by atoms with van der Waals surface area (Å²) in [6.45, 7) is 9.38. The number of hydrogen-bond acceptors (Lipinski definition) is 0. The molecule has 0 spiro atoms. The van der Waals surface area contributed by atoms with E-state index in [1.165, 1.54) is 76.0 Å². The Hall–Kier alpha value is 0.910. The van der Waals surface area contributed by atoms with E-state index in [9.17, 15) is 0 Å². The first-order valence-electron chi connectivity index (χ1n) is 8.26. The van der Waals surface area contributed by atoms with E-state index >= 15 is 0 Å². The molecule has 18 heavy (non-hydrogen) atoms. The Balaban J connectivity index is 4.66. The second kappa shape index (κ2) is 9.76. The predicted octanol–water partition coefficient (Wildman–Crippen LogP) is 7.05. The van der Waals surface area contributed by atoms with Crippen LogP contribution < -0.4 is 0 Å². The molecule has 112 valence electrons. The minimum atomic E-state index is -1.54. The molecule has 0 rings (SSSR count). The van der Waals surface area contributed by atoms with Crippen molar-refractivity contribution in [1.29, 1.82) is 0 Å². The van der Waals surface area contributed by atoms with E-state index in [1.807, 2.05) is 0 Å². The van der Waals surface area contributed by atoms with Gasteiger partial charge in [0.25, 0.3) is 0 Å². The summed E-state index contributed by atoms with van der Waals surface area (Å²) in [5.74, 6) is 0. The van der Waals surface area contributed by atoms with Crippen LogP contribution in [0.2, 0.25) is 0 Å². The number of halogens is 1. The molecule has 0 bridgehead atoms. The second-order valence-electron chi connectivity index (χ2n) is 6.13. The first-order valence-corrected chi connectivity index (χ1v) is 13.3. The third-order valence-corrected chi connectivity index (χ3v) is 14.5. The number of unbranched alkanes of at least 4 members (excludes halogenated alkanes) is 4. The van der Waals surface area contributed by atoms with Crippen molar-refractivity contribution in [3.8, 4) is 0 Å². The van der Waals surface area contributed by atoms with Gasteiger partial charge >= 0.3 is 125 Å². The molecular formula is C16H36BrP. The summed E-state index contributed by atoms with van der Waals surface area (Å²) in [6, 6.07) is 0. The normalized spacial score (nSPS) is 14.4. The van der Waals surface area contributed by atoms with Gasteiger partial charge in [-0.05, 0) is 0 Å². The zero-order chi connectivity index (χ0) is 13.9. The van der Waals surface area contributed by atoms with Gasteiger partial charge in [-0.15, -0.1) is 0 Å². The predicted molar refractivity (Wildman–Crippen MR) is 94.9 cm³/mol. The van der Waals surface area contributed by atoms with Crippen molar-refractivity contribution in [2.24, 2.45) is 0 Å². The molecule has 0 aromatic rings. The van der Waals surface area contributed by atoms with Crippen LogP contribution in [0.5, 0.6) is 0 Å². The van der Waals surface area contributed by atoms with Gasteiger partial charge in [-0.3, -0.25) is 0 Å². The van der Waals surface area contributed by atoms with Gasteiger partial charge in [0.15, 0.2) is 0 Å². The Bertz CT molecular complexity index is 183. The zero-order valence-electron chi connectivity index (χ0n) is 13.3. The summed E-state index contributed by atoms with van der Waals surface area (Å²) in [5, 5.41) is -1.54. The summed E-state index contributed by atoms with van der Waals surface area (Å²) in [7, 11) is 0. The monoisotopic (exact) mass is 338 g/mol. The van der Waals surface area contributed by atoms with E-state index < -0.39 is 5.31 Å². The van der Waals surface area contributed by atoms with E-state index in [0.717, 1.165) is 0 Å². The van der Waals surface area contributed by atoms with E-state index in [4.69, 9.17) is 0 Å². The summed E-state index contributed by atoms with van der Waals surface area (Å²) < 4.78 is 0. The molecule has 0 aliphatic carbocycles. The Morgan fingerprint density at radius 2 is 0.944 bits per heavy atom.